The Hall–Kier alpha value is -2.87. The maximum atomic E-state index is 13.7. The summed E-state index contributed by atoms with van der Waals surface area (Å²) in [5.74, 6) is -3.02. The van der Waals surface area contributed by atoms with Crippen LogP contribution in [0.3, 0.4) is 0 Å². The first-order valence-electron chi connectivity index (χ1n) is 10.1. The summed E-state index contributed by atoms with van der Waals surface area (Å²) in [4.78, 5) is 12.2. The number of piperidine rings is 1. The molecule has 2 aromatic rings. The molecule has 1 saturated heterocycles. The van der Waals surface area contributed by atoms with Gasteiger partial charge in [-0.3, -0.25) is 4.79 Å². The molecule has 1 heterocycles. The molecule has 2 aromatic carbocycles. The van der Waals surface area contributed by atoms with Gasteiger partial charge in [0.05, 0.1) is 24.2 Å². The first kappa shape index (κ1) is 26.7. The molecule has 1 amide bonds. The van der Waals surface area contributed by atoms with Gasteiger partial charge in [0.1, 0.15) is 16.5 Å². The third-order valence-electron chi connectivity index (χ3n) is 5.35. The Bertz CT molecular complexity index is 1180. The molecule has 6 nitrogen and oxygen atoms in total. The number of carbonyl (C=O) groups is 1. The van der Waals surface area contributed by atoms with Crippen LogP contribution in [0.15, 0.2) is 41.3 Å². The van der Waals surface area contributed by atoms with Gasteiger partial charge < -0.3 is 10.1 Å². The van der Waals surface area contributed by atoms with Crippen molar-refractivity contribution in [1.29, 1.82) is 0 Å². The largest absolute Gasteiger partial charge is 0.495 e. The van der Waals surface area contributed by atoms with E-state index in [1.54, 1.807) is 0 Å². The smallest absolute Gasteiger partial charge is 0.416 e. The van der Waals surface area contributed by atoms with E-state index >= 15 is 0 Å². The minimum Gasteiger partial charge on any atom is -0.495 e. The predicted molar refractivity (Wildman–Crippen MR) is 110 cm³/mol. The van der Waals surface area contributed by atoms with Crippen molar-refractivity contribution in [2.75, 3.05) is 25.5 Å². The van der Waals surface area contributed by atoms with Crippen LogP contribution in [0.2, 0.25) is 0 Å². The topological polar surface area (TPSA) is 75.7 Å². The molecule has 192 valence electrons. The highest BCUT2D eigenvalue weighted by Gasteiger charge is 2.38. The fourth-order valence-electron chi connectivity index (χ4n) is 3.64. The summed E-state index contributed by atoms with van der Waals surface area (Å²) in [5, 5.41) is 2.03. The molecular weight excluding hydrogens is 509 g/mol. The zero-order valence-corrected chi connectivity index (χ0v) is 18.8. The van der Waals surface area contributed by atoms with Crippen LogP contribution in [-0.2, 0) is 27.2 Å². The number of anilines is 1. The number of carbonyl (C=O) groups excluding carboxylic acids is 1. The standard InChI is InChI=1S/C21H19F7N2O4S/c1-34-17-5-4-15(22)10-18(17)35(32,33)30-6-2-3-12(11-30)19(31)29-16-8-13(20(23,24)25)7-14(9-16)21(26,27)28/h4-5,7-10,12H,2-3,6,11H2,1H3,(H,29,31)/t12-/m0/s1. The van der Waals surface area contributed by atoms with Crippen molar-refractivity contribution >= 4 is 21.6 Å². The minimum absolute atomic E-state index is 0.0342. The lowest BCUT2D eigenvalue weighted by molar-refractivity contribution is -0.143. The highest BCUT2D eigenvalue weighted by Crippen LogP contribution is 2.38. The normalized spacial score (nSPS) is 17.8. The quantitative estimate of drug-likeness (QED) is 0.560. The third-order valence-corrected chi connectivity index (χ3v) is 7.24. The van der Waals surface area contributed by atoms with Crippen LogP contribution in [0.1, 0.15) is 24.0 Å². The van der Waals surface area contributed by atoms with E-state index in [2.05, 4.69) is 0 Å². The number of methoxy groups -OCH3 is 1. The average Bonchev–Trinajstić information content (AvgIpc) is 2.77. The van der Waals surface area contributed by atoms with Gasteiger partial charge in [0.25, 0.3) is 0 Å². The molecule has 0 bridgehead atoms. The summed E-state index contributed by atoms with van der Waals surface area (Å²) in [5.41, 5.74) is -3.94. The molecular formula is C21H19F7N2O4S. The van der Waals surface area contributed by atoms with Gasteiger partial charge in [0, 0.05) is 18.8 Å². The number of halogens is 7. The van der Waals surface area contributed by atoms with Crippen LogP contribution >= 0.6 is 0 Å². The summed E-state index contributed by atoms with van der Waals surface area (Å²) in [6.45, 7) is -0.452. The van der Waals surface area contributed by atoms with Crippen molar-refractivity contribution in [3.8, 4) is 5.75 Å². The lowest BCUT2D eigenvalue weighted by Crippen LogP contribution is -2.43. The molecule has 0 radical (unpaired) electrons. The molecule has 1 N–H and O–H groups in total. The fraction of sp³-hybridized carbons (Fsp3) is 0.381. The van der Waals surface area contributed by atoms with Crippen LogP contribution < -0.4 is 10.1 Å². The number of benzene rings is 2. The Morgan fingerprint density at radius 2 is 1.63 bits per heavy atom. The van der Waals surface area contributed by atoms with Crippen molar-refractivity contribution in [1.82, 2.24) is 4.31 Å². The fourth-order valence-corrected chi connectivity index (χ4v) is 5.33. The number of hydrogen-bond acceptors (Lipinski definition) is 4. The lowest BCUT2D eigenvalue weighted by atomic mass is 9.98. The third kappa shape index (κ3) is 6.04. The second kappa shape index (κ2) is 9.64. The first-order chi connectivity index (χ1) is 16.1. The van der Waals surface area contributed by atoms with Crippen LogP contribution in [0.5, 0.6) is 5.75 Å². The zero-order valence-electron chi connectivity index (χ0n) is 18.0. The molecule has 0 spiro atoms. The second-order valence-corrected chi connectivity index (χ2v) is 9.69. The summed E-state index contributed by atoms with van der Waals surface area (Å²) < 4.78 is 124. The minimum atomic E-state index is -5.10. The van der Waals surface area contributed by atoms with Crippen molar-refractivity contribution < 1.29 is 48.7 Å². The number of nitrogens with one attached hydrogen (secondary N) is 1. The number of ether oxygens (including phenoxy) is 1. The molecule has 0 unspecified atom stereocenters. The van der Waals surface area contributed by atoms with Crippen molar-refractivity contribution in [3.05, 3.63) is 53.3 Å². The van der Waals surface area contributed by atoms with Gasteiger partial charge in [-0.2, -0.15) is 30.6 Å². The Labute approximate surface area is 195 Å². The zero-order chi connectivity index (χ0) is 26.2. The van der Waals surface area contributed by atoms with Crippen molar-refractivity contribution in [2.45, 2.75) is 30.1 Å². The second-order valence-electron chi connectivity index (χ2n) is 7.78. The maximum Gasteiger partial charge on any atom is 0.416 e. The molecule has 1 aliphatic heterocycles. The molecule has 1 aliphatic rings. The Morgan fingerprint density at radius 3 is 2.17 bits per heavy atom. The number of alkyl halides is 6. The van der Waals surface area contributed by atoms with Gasteiger partial charge in [-0.05, 0) is 49.2 Å². The first-order valence-corrected chi connectivity index (χ1v) is 11.5. The van der Waals surface area contributed by atoms with Crippen molar-refractivity contribution in [3.63, 3.8) is 0 Å². The summed E-state index contributed by atoms with van der Waals surface area (Å²) in [7, 11) is -3.14. The number of rotatable bonds is 5. The molecule has 1 atom stereocenters. The van der Waals surface area contributed by atoms with Crippen LogP contribution in [0, 0.1) is 11.7 Å². The summed E-state index contributed by atoms with van der Waals surface area (Å²) in [6.07, 6.45) is -9.89. The van der Waals surface area contributed by atoms with E-state index < -0.39 is 68.3 Å². The van der Waals surface area contributed by atoms with Crippen LogP contribution in [-0.4, -0.2) is 38.8 Å². The van der Waals surface area contributed by atoms with Gasteiger partial charge in [-0.25, -0.2) is 12.8 Å². The van der Waals surface area contributed by atoms with E-state index in [4.69, 9.17) is 4.74 Å². The Kier molecular flexibility index (Phi) is 7.37. The van der Waals surface area contributed by atoms with E-state index in [9.17, 15) is 43.9 Å². The highest BCUT2D eigenvalue weighted by molar-refractivity contribution is 7.89. The van der Waals surface area contributed by atoms with E-state index in [0.717, 1.165) is 22.5 Å². The van der Waals surface area contributed by atoms with E-state index in [1.165, 1.54) is 7.11 Å². The SMILES string of the molecule is COc1ccc(F)cc1S(=O)(=O)N1CCC[C@H](C(=O)Nc2cc(C(F)(F)F)cc(C(F)(F)F)c2)C1. The van der Waals surface area contributed by atoms with E-state index in [1.807, 2.05) is 5.32 Å². The number of nitrogens with zero attached hydrogens (tertiary/aromatic N) is 1. The predicted octanol–water partition coefficient (Wildman–Crippen LogP) is 4.91. The molecule has 35 heavy (non-hydrogen) atoms. The molecule has 0 saturated carbocycles. The molecule has 3 rings (SSSR count). The average molecular weight is 528 g/mol. The number of hydrogen-bond donors (Lipinski definition) is 1. The van der Waals surface area contributed by atoms with E-state index in [0.29, 0.717) is 12.1 Å². The molecule has 0 aliphatic carbocycles. The van der Waals surface area contributed by atoms with Gasteiger partial charge in [-0.15, -0.1) is 0 Å². The number of sulfonamides is 1. The van der Waals surface area contributed by atoms with Crippen LogP contribution in [0.4, 0.5) is 36.4 Å². The molecule has 14 heteroatoms. The Morgan fingerprint density at radius 1 is 1.03 bits per heavy atom. The summed E-state index contributed by atoms with van der Waals surface area (Å²) in [6, 6.07) is 3.51. The van der Waals surface area contributed by atoms with Gasteiger partial charge in [-0.1, -0.05) is 0 Å². The number of amides is 1. The molecule has 0 aromatic heterocycles. The van der Waals surface area contributed by atoms with Crippen LogP contribution in [0.25, 0.3) is 0 Å². The molecule has 1 fully saturated rings. The van der Waals surface area contributed by atoms with Gasteiger partial charge in [0.2, 0.25) is 15.9 Å². The summed E-state index contributed by atoms with van der Waals surface area (Å²) >= 11 is 0. The maximum absolute atomic E-state index is 13.7. The van der Waals surface area contributed by atoms with Crippen molar-refractivity contribution in [2.24, 2.45) is 5.92 Å². The highest BCUT2D eigenvalue weighted by atomic mass is 32.2. The monoisotopic (exact) mass is 528 g/mol. The Balaban J connectivity index is 1.85. The lowest BCUT2D eigenvalue weighted by Gasteiger charge is -2.31. The van der Waals surface area contributed by atoms with Gasteiger partial charge >= 0.3 is 12.4 Å². The van der Waals surface area contributed by atoms with E-state index in [-0.39, 0.29) is 31.2 Å². The van der Waals surface area contributed by atoms with Gasteiger partial charge in [0.15, 0.2) is 0 Å².